The average molecular weight is 286 g/mol. The lowest BCUT2D eigenvalue weighted by molar-refractivity contribution is 0.263. The quantitative estimate of drug-likeness (QED) is 0.560. The van der Waals surface area contributed by atoms with Crippen molar-refractivity contribution in [1.29, 1.82) is 0 Å². The van der Waals surface area contributed by atoms with Gasteiger partial charge in [0.25, 0.3) is 0 Å². The van der Waals surface area contributed by atoms with Crippen molar-refractivity contribution in [2.24, 2.45) is 17.2 Å². The molecule has 0 aliphatic carbocycles. The molecule has 1 unspecified atom stereocenters. The van der Waals surface area contributed by atoms with E-state index in [1.165, 1.54) is 12.3 Å². The van der Waals surface area contributed by atoms with Gasteiger partial charge in [0.1, 0.15) is 4.90 Å². The number of nitrogens with two attached hydrogens (primary N) is 1. The smallest absolute Gasteiger partial charge is 0.244 e. The van der Waals surface area contributed by atoms with Crippen LogP contribution in [0.25, 0.3) is 0 Å². The first-order chi connectivity index (χ1) is 8.68. The van der Waals surface area contributed by atoms with Crippen LogP contribution in [0.5, 0.6) is 0 Å². The molecular weight excluding hydrogens is 264 g/mol. The van der Waals surface area contributed by atoms with Crippen molar-refractivity contribution in [1.82, 2.24) is 9.71 Å². The summed E-state index contributed by atoms with van der Waals surface area (Å²) in [5.74, 6) is 5.61. The van der Waals surface area contributed by atoms with Crippen LogP contribution in [0.4, 0.5) is 5.82 Å². The second kappa shape index (κ2) is 5.85. The van der Waals surface area contributed by atoms with Gasteiger partial charge in [-0.15, -0.1) is 0 Å². The minimum absolute atomic E-state index is 0.0341. The van der Waals surface area contributed by atoms with E-state index in [2.05, 4.69) is 35.9 Å². The molecule has 1 aromatic rings. The van der Waals surface area contributed by atoms with E-state index in [1.807, 2.05) is 6.92 Å². The van der Waals surface area contributed by atoms with Crippen LogP contribution >= 0.6 is 0 Å². The SMILES string of the molecule is CC(CNS(=O)(=O)c1cccnc1NN)C(C)(C)C. The molecule has 0 aromatic carbocycles. The van der Waals surface area contributed by atoms with Gasteiger partial charge >= 0.3 is 0 Å². The molecule has 0 bridgehead atoms. The van der Waals surface area contributed by atoms with Crippen molar-refractivity contribution in [2.75, 3.05) is 12.0 Å². The lowest BCUT2D eigenvalue weighted by Gasteiger charge is -2.27. The summed E-state index contributed by atoms with van der Waals surface area (Å²) in [5, 5.41) is 0. The molecule has 0 saturated carbocycles. The van der Waals surface area contributed by atoms with E-state index in [1.54, 1.807) is 6.07 Å². The zero-order valence-corrected chi connectivity index (χ0v) is 12.6. The molecule has 6 nitrogen and oxygen atoms in total. The maximum absolute atomic E-state index is 12.2. The first-order valence-corrected chi connectivity index (χ1v) is 7.58. The number of hydrogen-bond acceptors (Lipinski definition) is 5. The summed E-state index contributed by atoms with van der Waals surface area (Å²) in [5.41, 5.74) is 2.32. The van der Waals surface area contributed by atoms with Crippen molar-refractivity contribution in [3.8, 4) is 0 Å². The predicted octanol–water partition coefficient (Wildman–Crippen LogP) is 1.33. The Morgan fingerprint density at radius 3 is 2.58 bits per heavy atom. The molecule has 19 heavy (non-hydrogen) atoms. The summed E-state index contributed by atoms with van der Waals surface area (Å²) in [6.07, 6.45) is 1.48. The second-order valence-corrected chi connectivity index (χ2v) is 7.35. The summed E-state index contributed by atoms with van der Waals surface area (Å²) in [7, 11) is -3.61. The molecule has 0 aliphatic rings. The molecule has 1 aromatic heterocycles. The Morgan fingerprint density at radius 1 is 1.42 bits per heavy atom. The number of hydrazine groups is 1. The lowest BCUT2D eigenvalue weighted by atomic mass is 9.82. The van der Waals surface area contributed by atoms with Crippen LogP contribution in [0.2, 0.25) is 0 Å². The van der Waals surface area contributed by atoms with Gasteiger partial charge in [-0.05, 0) is 23.5 Å². The van der Waals surface area contributed by atoms with Gasteiger partial charge in [0.2, 0.25) is 10.0 Å². The monoisotopic (exact) mass is 286 g/mol. The molecule has 0 aliphatic heterocycles. The number of nitrogens with one attached hydrogen (secondary N) is 2. The largest absolute Gasteiger partial charge is 0.307 e. The number of anilines is 1. The van der Waals surface area contributed by atoms with E-state index in [0.29, 0.717) is 6.54 Å². The van der Waals surface area contributed by atoms with Crippen molar-refractivity contribution in [2.45, 2.75) is 32.6 Å². The van der Waals surface area contributed by atoms with Gasteiger partial charge in [0, 0.05) is 12.7 Å². The molecule has 0 saturated heterocycles. The predicted molar refractivity (Wildman–Crippen MR) is 75.9 cm³/mol. The summed E-state index contributed by atoms with van der Waals surface area (Å²) in [4.78, 5) is 3.94. The number of rotatable bonds is 5. The van der Waals surface area contributed by atoms with Gasteiger partial charge in [0.15, 0.2) is 5.82 Å². The van der Waals surface area contributed by atoms with Crippen molar-refractivity contribution < 1.29 is 8.42 Å². The first kappa shape index (κ1) is 15.9. The number of aromatic nitrogens is 1. The molecular formula is C12H22N4O2S. The molecule has 1 heterocycles. The van der Waals surface area contributed by atoms with Crippen LogP contribution in [0.1, 0.15) is 27.7 Å². The highest BCUT2D eigenvalue weighted by molar-refractivity contribution is 7.89. The van der Waals surface area contributed by atoms with Gasteiger partial charge < -0.3 is 5.43 Å². The van der Waals surface area contributed by atoms with E-state index < -0.39 is 10.0 Å². The fourth-order valence-corrected chi connectivity index (χ4v) is 2.58. The van der Waals surface area contributed by atoms with Crippen LogP contribution in [0.3, 0.4) is 0 Å². The number of nitrogens with zero attached hydrogens (tertiary/aromatic N) is 1. The minimum Gasteiger partial charge on any atom is -0.307 e. The van der Waals surface area contributed by atoms with Crippen molar-refractivity contribution in [3.05, 3.63) is 18.3 Å². The molecule has 4 N–H and O–H groups in total. The molecule has 1 atom stereocenters. The standard InChI is InChI=1S/C12H22N4O2S/c1-9(12(2,3)4)8-15-19(17,18)10-6-5-7-14-11(10)16-13/h5-7,9,15H,8,13H2,1-4H3,(H,14,16). The van der Waals surface area contributed by atoms with E-state index in [-0.39, 0.29) is 22.0 Å². The molecule has 108 valence electrons. The summed E-state index contributed by atoms with van der Waals surface area (Å²) in [6, 6.07) is 3.02. The number of hydrogen-bond donors (Lipinski definition) is 3. The highest BCUT2D eigenvalue weighted by atomic mass is 32.2. The number of nitrogen functional groups attached to an aromatic ring is 1. The Hall–Kier alpha value is -1.18. The van der Waals surface area contributed by atoms with Crippen molar-refractivity contribution in [3.63, 3.8) is 0 Å². The zero-order valence-electron chi connectivity index (χ0n) is 11.8. The van der Waals surface area contributed by atoms with Crippen molar-refractivity contribution >= 4 is 15.8 Å². The molecule has 0 radical (unpaired) electrons. The fourth-order valence-electron chi connectivity index (χ4n) is 1.33. The van der Waals surface area contributed by atoms with Gasteiger partial charge in [0.05, 0.1) is 0 Å². The summed E-state index contributed by atoms with van der Waals surface area (Å²) >= 11 is 0. The molecule has 0 amide bonds. The zero-order chi connectivity index (χ0) is 14.7. The lowest BCUT2D eigenvalue weighted by Crippen LogP contribution is -2.34. The molecule has 0 spiro atoms. The molecule has 0 fully saturated rings. The maximum atomic E-state index is 12.2. The van der Waals surface area contributed by atoms with Gasteiger partial charge in [-0.25, -0.2) is 24.0 Å². The van der Waals surface area contributed by atoms with Crippen LogP contribution in [0, 0.1) is 11.3 Å². The highest BCUT2D eigenvalue weighted by Crippen LogP contribution is 2.25. The van der Waals surface area contributed by atoms with Crippen LogP contribution in [-0.2, 0) is 10.0 Å². The maximum Gasteiger partial charge on any atom is 0.244 e. The Balaban J connectivity index is 2.88. The highest BCUT2D eigenvalue weighted by Gasteiger charge is 2.24. The van der Waals surface area contributed by atoms with E-state index in [4.69, 9.17) is 5.84 Å². The Morgan fingerprint density at radius 2 is 2.05 bits per heavy atom. The second-order valence-electron chi connectivity index (χ2n) is 5.61. The van der Waals surface area contributed by atoms with Crippen LogP contribution < -0.4 is 16.0 Å². The fraction of sp³-hybridized carbons (Fsp3) is 0.583. The van der Waals surface area contributed by atoms with E-state index >= 15 is 0 Å². The van der Waals surface area contributed by atoms with Gasteiger partial charge in [-0.3, -0.25) is 0 Å². The number of sulfonamides is 1. The van der Waals surface area contributed by atoms with Gasteiger partial charge in [-0.2, -0.15) is 0 Å². The third-order valence-electron chi connectivity index (χ3n) is 3.25. The van der Waals surface area contributed by atoms with E-state index in [9.17, 15) is 8.42 Å². The Kier molecular flexibility index (Phi) is 4.89. The minimum atomic E-state index is -3.61. The van der Waals surface area contributed by atoms with E-state index in [0.717, 1.165) is 0 Å². The Bertz CT molecular complexity index is 523. The third kappa shape index (κ3) is 4.15. The normalized spacial score (nSPS) is 14.2. The molecule has 7 heteroatoms. The van der Waals surface area contributed by atoms with Crippen LogP contribution in [0.15, 0.2) is 23.2 Å². The van der Waals surface area contributed by atoms with Gasteiger partial charge in [-0.1, -0.05) is 27.7 Å². The number of pyridine rings is 1. The Labute approximate surface area is 114 Å². The topological polar surface area (TPSA) is 97.1 Å². The third-order valence-corrected chi connectivity index (χ3v) is 4.71. The van der Waals surface area contributed by atoms with Crippen LogP contribution in [-0.4, -0.2) is 19.9 Å². The molecule has 1 rings (SSSR count). The summed E-state index contributed by atoms with van der Waals surface area (Å²) < 4.78 is 27.0. The summed E-state index contributed by atoms with van der Waals surface area (Å²) in [6.45, 7) is 8.59. The average Bonchev–Trinajstić information content (AvgIpc) is 2.34. The first-order valence-electron chi connectivity index (χ1n) is 6.10.